The van der Waals surface area contributed by atoms with Gasteiger partial charge in [-0.15, -0.1) is 0 Å². The van der Waals surface area contributed by atoms with Gasteiger partial charge >= 0.3 is 0 Å². The number of unbranched alkanes of at least 4 members (excludes halogenated alkanes) is 8. The molecule has 0 heteroatoms. The van der Waals surface area contributed by atoms with E-state index in [1.165, 1.54) is 89.9 Å². The van der Waals surface area contributed by atoms with Crippen molar-refractivity contribution in [2.75, 3.05) is 0 Å². The molecule has 0 aliphatic carbocycles. The molecule has 18 heavy (non-hydrogen) atoms. The fraction of sp³-hybridized carbons (Fsp3) is 0.944. The molecule has 0 nitrogen and oxygen atoms in total. The third-order valence-electron chi connectivity index (χ3n) is 3.90. The zero-order valence-corrected chi connectivity index (χ0v) is 13.4. The Hall–Kier alpha value is 0. The molecule has 0 fully saturated rings. The molecule has 0 rings (SSSR count). The van der Waals surface area contributed by atoms with Crippen LogP contribution in [0.1, 0.15) is 111 Å². The molecule has 0 bridgehead atoms. The van der Waals surface area contributed by atoms with E-state index in [4.69, 9.17) is 0 Å². The van der Waals surface area contributed by atoms with Gasteiger partial charge in [-0.2, -0.15) is 0 Å². The van der Waals surface area contributed by atoms with Crippen LogP contribution in [-0.2, 0) is 0 Å². The van der Waals surface area contributed by atoms with Crippen molar-refractivity contribution in [3.05, 3.63) is 5.92 Å². The number of hydrogen-bond donors (Lipinski definition) is 0. The average Bonchev–Trinajstić information content (AvgIpc) is 2.39. The third kappa shape index (κ3) is 12.5. The predicted molar refractivity (Wildman–Crippen MR) is 84.9 cm³/mol. The van der Waals surface area contributed by atoms with Crippen LogP contribution in [0.15, 0.2) is 0 Å². The molecule has 0 aliphatic rings. The summed E-state index contributed by atoms with van der Waals surface area (Å²) in [6.45, 7) is 6.91. The van der Waals surface area contributed by atoms with Crippen molar-refractivity contribution >= 4 is 0 Å². The first-order valence-electron chi connectivity index (χ1n) is 8.68. The SMILES string of the molecule is CCCCCCC[C](CCCC)CCCCCC. The zero-order chi connectivity index (χ0) is 13.5. The van der Waals surface area contributed by atoms with E-state index in [0.717, 1.165) is 0 Å². The highest BCUT2D eigenvalue weighted by Gasteiger charge is 2.08. The van der Waals surface area contributed by atoms with Gasteiger partial charge in [-0.3, -0.25) is 0 Å². The Labute approximate surface area is 117 Å². The second kappa shape index (κ2) is 15.1. The Morgan fingerprint density at radius 3 is 1.33 bits per heavy atom. The first kappa shape index (κ1) is 18.0. The number of hydrogen-bond acceptors (Lipinski definition) is 0. The van der Waals surface area contributed by atoms with Gasteiger partial charge in [0, 0.05) is 0 Å². The lowest BCUT2D eigenvalue weighted by atomic mass is 9.90. The van der Waals surface area contributed by atoms with Crippen molar-refractivity contribution in [2.45, 2.75) is 111 Å². The summed E-state index contributed by atoms with van der Waals surface area (Å²) in [6.07, 6.45) is 19.9. The van der Waals surface area contributed by atoms with Crippen LogP contribution in [-0.4, -0.2) is 0 Å². The minimum absolute atomic E-state index is 1.36. The van der Waals surface area contributed by atoms with Crippen LogP contribution in [0.5, 0.6) is 0 Å². The minimum Gasteiger partial charge on any atom is -0.0654 e. The molecule has 0 saturated heterocycles. The summed E-state index contributed by atoms with van der Waals surface area (Å²) in [5.74, 6) is 1.88. The standard InChI is InChI=1S/C18H37/c1-4-7-10-12-14-17-18(15-9-6-3)16-13-11-8-5-2/h4-17H2,1-3H3. The molecule has 109 valence electrons. The van der Waals surface area contributed by atoms with Crippen LogP contribution in [0.25, 0.3) is 0 Å². The topological polar surface area (TPSA) is 0 Å². The van der Waals surface area contributed by atoms with Crippen LogP contribution >= 0.6 is 0 Å². The first-order valence-corrected chi connectivity index (χ1v) is 8.68. The summed E-state index contributed by atoms with van der Waals surface area (Å²) < 4.78 is 0. The Kier molecular flexibility index (Phi) is 15.1. The van der Waals surface area contributed by atoms with Gasteiger partial charge in [0.15, 0.2) is 0 Å². The van der Waals surface area contributed by atoms with Crippen molar-refractivity contribution in [1.82, 2.24) is 0 Å². The maximum Gasteiger partial charge on any atom is -0.0241 e. The minimum atomic E-state index is 1.36. The Bertz CT molecular complexity index is 139. The molecule has 0 aromatic carbocycles. The average molecular weight is 253 g/mol. The lowest BCUT2D eigenvalue weighted by Crippen LogP contribution is -1.98. The van der Waals surface area contributed by atoms with E-state index in [1.807, 2.05) is 5.92 Å². The van der Waals surface area contributed by atoms with Gasteiger partial charge in [0.1, 0.15) is 0 Å². The lowest BCUT2D eigenvalue weighted by Gasteiger charge is -2.15. The molecular formula is C18H37. The van der Waals surface area contributed by atoms with Crippen LogP contribution < -0.4 is 0 Å². The Morgan fingerprint density at radius 2 is 0.833 bits per heavy atom. The smallest absolute Gasteiger partial charge is 0.0241 e. The van der Waals surface area contributed by atoms with Crippen molar-refractivity contribution < 1.29 is 0 Å². The monoisotopic (exact) mass is 253 g/mol. The van der Waals surface area contributed by atoms with Crippen LogP contribution in [0.3, 0.4) is 0 Å². The normalized spacial score (nSPS) is 11.3. The summed E-state index contributed by atoms with van der Waals surface area (Å²) in [7, 11) is 0. The maximum absolute atomic E-state index is 2.32. The molecule has 0 amide bonds. The molecule has 0 unspecified atom stereocenters. The van der Waals surface area contributed by atoms with Crippen LogP contribution in [0.2, 0.25) is 0 Å². The van der Waals surface area contributed by atoms with Crippen LogP contribution in [0.4, 0.5) is 0 Å². The van der Waals surface area contributed by atoms with Crippen molar-refractivity contribution in [3.63, 3.8) is 0 Å². The summed E-state index contributed by atoms with van der Waals surface area (Å²) in [4.78, 5) is 0. The van der Waals surface area contributed by atoms with Gasteiger partial charge in [-0.25, -0.2) is 0 Å². The third-order valence-corrected chi connectivity index (χ3v) is 3.90. The lowest BCUT2D eigenvalue weighted by molar-refractivity contribution is 0.534. The molecule has 1 radical (unpaired) electrons. The zero-order valence-electron chi connectivity index (χ0n) is 13.4. The van der Waals surface area contributed by atoms with Gasteiger partial charge in [0.2, 0.25) is 0 Å². The molecule has 0 aromatic rings. The van der Waals surface area contributed by atoms with Gasteiger partial charge < -0.3 is 0 Å². The second-order valence-electron chi connectivity index (χ2n) is 5.83. The van der Waals surface area contributed by atoms with Gasteiger partial charge in [0.05, 0.1) is 0 Å². The molecule has 0 N–H and O–H groups in total. The Morgan fingerprint density at radius 1 is 0.444 bits per heavy atom. The van der Waals surface area contributed by atoms with Crippen molar-refractivity contribution in [2.24, 2.45) is 0 Å². The fourth-order valence-electron chi connectivity index (χ4n) is 2.58. The Balaban J connectivity index is 3.56. The maximum atomic E-state index is 2.32. The first-order chi connectivity index (χ1) is 8.85. The van der Waals surface area contributed by atoms with E-state index in [9.17, 15) is 0 Å². The molecule has 0 aliphatic heterocycles. The summed E-state index contributed by atoms with van der Waals surface area (Å²) in [5, 5.41) is 0. The highest BCUT2D eigenvalue weighted by molar-refractivity contribution is 4.88. The largest absolute Gasteiger partial charge is 0.0654 e. The second-order valence-corrected chi connectivity index (χ2v) is 5.83. The summed E-state index contributed by atoms with van der Waals surface area (Å²) in [6, 6.07) is 0. The highest BCUT2D eigenvalue weighted by atomic mass is 14.1. The van der Waals surface area contributed by atoms with E-state index in [0.29, 0.717) is 0 Å². The molecule has 0 saturated carbocycles. The summed E-state index contributed by atoms with van der Waals surface area (Å²) in [5.41, 5.74) is 0. The predicted octanol–water partition coefficient (Wildman–Crippen LogP) is 7.08. The van der Waals surface area contributed by atoms with Gasteiger partial charge in [0.25, 0.3) is 0 Å². The van der Waals surface area contributed by atoms with E-state index in [1.54, 1.807) is 0 Å². The van der Waals surface area contributed by atoms with Crippen molar-refractivity contribution in [1.29, 1.82) is 0 Å². The fourth-order valence-corrected chi connectivity index (χ4v) is 2.58. The number of rotatable bonds is 14. The van der Waals surface area contributed by atoms with Gasteiger partial charge in [-0.1, -0.05) is 91.4 Å². The molecule has 0 heterocycles. The molecular weight excluding hydrogens is 216 g/mol. The van der Waals surface area contributed by atoms with Gasteiger partial charge in [-0.05, 0) is 25.2 Å². The summed E-state index contributed by atoms with van der Waals surface area (Å²) >= 11 is 0. The van der Waals surface area contributed by atoms with E-state index < -0.39 is 0 Å². The molecule has 0 spiro atoms. The van der Waals surface area contributed by atoms with E-state index in [-0.39, 0.29) is 0 Å². The van der Waals surface area contributed by atoms with Crippen LogP contribution in [0, 0.1) is 5.92 Å². The van der Waals surface area contributed by atoms with E-state index in [2.05, 4.69) is 20.8 Å². The quantitative estimate of drug-likeness (QED) is 0.290. The van der Waals surface area contributed by atoms with E-state index >= 15 is 0 Å². The molecule has 0 aromatic heterocycles. The highest BCUT2D eigenvalue weighted by Crippen LogP contribution is 2.25. The van der Waals surface area contributed by atoms with Crippen molar-refractivity contribution in [3.8, 4) is 0 Å². The molecule has 0 atom stereocenters.